The molecule has 3 unspecified atom stereocenters. The van der Waals surface area contributed by atoms with Crippen molar-refractivity contribution >= 4 is 11.8 Å². The minimum Gasteiger partial charge on any atom is -0.357 e. The molecule has 0 bridgehead atoms. The number of hydrogen-bond acceptors (Lipinski definition) is 3. The molecule has 0 saturated heterocycles. The van der Waals surface area contributed by atoms with Gasteiger partial charge in [-0.25, -0.2) is 0 Å². The minimum atomic E-state index is -0.526. The zero-order valence-electron chi connectivity index (χ0n) is 10.2. The van der Waals surface area contributed by atoms with Crippen LogP contribution in [0.25, 0.3) is 0 Å². The highest BCUT2D eigenvalue weighted by atomic mass is 16.2. The van der Waals surface area contributed by atoms with Gasteiger partial charge in [0.2, 0.25) is 11.8 Å². The van der Waals surface area contributed by atoms with Crippen LogP contribution in [0.5, 0.6) is 0 Å². The summed E-state index contributed by atoms with van der Waals surface area (Å²) in [5.74, 6) is -0.308. The largest absolute Gasteiger partial charge is 0.357 e. The molecule has 0 radical (unpaired) electrons. The highest BCUT2D eigenvalue weighted by Crippen LogP contribution is 2.36. The van der Waals surface area contributed by atoms with Crippen LogP contribution >= 0.6 is 0 Å². The van der Waals surface area contributed by atoms with Gasteiger partial charge < -0.3 is 16.4 Å². The van der Waals surface area contributed by atoms with E-state index in [-0.39, 0.29) is 17.9 Å². The fourth-order valence-corrected chi connectivity index (χ4v) is 2.12. The van der Waals surface area contributed by atoms with Crippen LogP contribution in [0.2, 0.25) is 0 Å². The van der Waals surface area contributed by atoms with Crippen LogP contribution in [0.3, 0.4) is 0 Å². The van der Waals surface area contributed by atoms with Gasteiger partial charge in [0.15, 0.2) is 0 Å². The molecule has 16 heavy (non-hydrogen) atoms. The maximum atomic E-state index is 12.0. The van der Waals surface area contributed by atoms with Crippen molar-refractivity contribution in [1.82, 2.24) is 10.6 Å². The molecule has 1 fully saturated rings. The molecule has 5 heteroatoms. The summed E-state index contributed by atoms with van der Waals surface area (Å²) in [6, 6.07) is -0.619. The molecular formula is C11H21N3O2. The number of nitrogens with two attached hydrogens (primary N) is 1. The Hall–Kier alpha value is -1.10. The van der Waals surface area contributed by atoms with Gasteiger partial charge >= 0.3 is 0 Å². The zero-order chi connectivity index (χ0) is 12.3. The maximum absolute atomic E-state index is 12.0. The second-order valence-electron chi connectivity index (χ2n) is 4.73. The second kappa shape index (κ2) is 4.82. The van der Waals surface area contributed by atoms with E-state index in [0.717, 1.165) is 19.3 Å². The quantitative estimate of drug-likeness (QED) is 0.622. The molecule has 2 amide bonds. The van der Waals surface area contributed by atoms with Crippen molar-refractivity contribution in [1.29, 1.82) is 0 Å². The third kappa shape index (κ3) is 2.35. The van der Waals surface area contributed by atoms with E-state index in [2.05, 4.69) is 10.6 Å². The molecule has 0 aromatic rings. The van der Waals surface area contributed by atoms with E-state index in [9.17, 15) is 9.59 Å². The average molecular weight is 227 g/mol. The molecule has 1 aliphatic rings. The van der Waals surface area contributed by atoms with E-state index >= 15 is 0 Å². The number of likely N-dealkylation sites (N-methyl/N-ethyl adjacent to an activating group) is 1. The van der Waals surface area contributed by atoms with Gasteiger partial charge in [-0.1, -0.05) is 6.42 Å². The van der Waals surface area contributed by atoms with Crippen LogP contribution in [0.1, 0.15) is 33.1 Å². The number of carbonyl (C=O) groups excluding carboxylic acids is 2. The standard InChI is InChI=1S/C11H21N3O2/c1-7(9(15)13-3)14-10(16)11(2)6-4-5-8(11)12/h7-8H,4-6,12H2,1-3H3,(H,13,15)(H,14,16). The summed E-state index contributed by atoms with van der Waals surface area (Å²) in [4.78, 5) is 23.3. The molecule has 0 spiro atoms. The van der Waals surface area contributed by atoms with E-state index < -0.39 is 11.5 Å². The summed E-state index contributed by atoms with van der Waals surface area (Å²) in [7, 11) is 1.55. The van der Waals surface area contributed by atoms with Gasteiger partial charge in [0, 0.05) is 13.1 Å². The van der Waals surface area contributed by atoms with Crippen LogP contribution < -0.4 is 16.4 Å². The monoisotopic (exact) mass is 227 g/mol. The lowest BCUT2D eigenvalue weighted by atomic mass is 9.84. The van der Waals surface area contributed by atoms with Crippen molar-refractivity contribution in [3.05, 3.63) is 0 Å². The van der Waals surface area contributed by atoms with E-state index in [0.29, 0.717) is 0 Å². The highest BCUT2D eigenvalue weighted by molar-refractivity contribution is 5.90. The Labute approximate surface area is 96.1 Å². The van der Waals surface area contributed by atoms with Crippen LogP contribution in [0, 0.1) is 5.41 Å². The van der Waals surface area contributed by atoms with Crippen LogP contribution in [-0.2, 0) is 9.59 Å². The molecule has 0 aromatic carbocycles. The predicted octanol–water partition coefficient (Wildman–Crippen LogP) is -0.245. The second-order valence-corrected chi connectivity index (χ2v) is 4.73. The Morgan fingerprint density at radius 1 is 1.50 bits per heavy atom. The summed E-state index contributed by atoms with van der Waals surface area (Å²) >= 11 is 0. The third-order valence-electron chi connectivity index (χ3n) is 3.54. The van der Waals surface area contributed by atoms with E-state index in [1.54, 1.807) is 14.0 Å². The molecule has 5 nitrogen and oxygen atoms in total. The van der Waals surface area contributed by atoms with Gasteiger partial charge in [0.05, 0.1) is 5.41 Å². The molecule has 0 aromatic heterocycles. The molecule has 0 aliphatic heterocycles. The first-order chi connectivity index (χ1) is 7.41. The van der Waals surface area contributed by atoms with Crippen molar-refractivity contribution < 1.29 is 9.59 Å². The van der Waals surface area contributed by atoms with Crippen molar-refractivity contribution in [3.63, 3.8) is 0 Å². The van der Waals surface area contributed by atoms with Gasteiger partial charge in [-0.15, -0.1) is 0 Å². The number of amides is 2. The summed E-state index contributed by atoms with van der Waals surface area (Å²) in [6.07, 6.45) is 2.64. The number of rotatable bonds is 3. The predicted molar refractivity (Wildman–Crippen MR) is 61.6 cm³/mol. The number of nitrogens with one attached hydrogen (secondary N) is 2. The van der Waals surface area contributed by atoms with Gasteiger partial charge in [0.25, 0.3) is 0 Å². The summed E-state index contributed by atoms with van der Waals surface area (Å²) < 4.78 is 0. The van der Waals surface area contributed by atoms with Crippen molar-refractivity contribution in [2.24, 2.45) is 11.1 Å². The lowest BCUT2D eigenvalue weighted by Gasteiger charge is -2.28. The minimum absolute atomic E-state index is 0.107. The van der Waals surface area contributed by atoms with E-state index in [4.69, 9.17) is 5.73 Å². The first-order valence-corrected chi connectivity index (χ1v) is 5.70. The molecule has 4 N–H and O–H groups in total. The Morgan fingerprint density at radius 3 is 2.56 bits per heavy atom. The summed E-state index contributed by atoms with van der Waals surface area (Å²) in [5, 5.41) is 5.21. The molecule has 92 valence electrons. The Bertz CT molecular complexity index is 293. The van der Waals surface area contributed by atoms with Crippen molar-refractivity contribution in [3.8, 4) is 0 Å². The van der Waals surface area contributed by atoms with Gasteiger partial charge in [-0.3, -0.25) is 9.59 Å². The van der Waals surface area contributed by atoms with Crippen LogP contribution in [-0.4, -0.2) is 30.9 Å². The Kier molecular flexibility index (Phi) is 3.91. The normalized spacial score (nSPS) is 30.9. The van der Waals surface area contributed by atoms with Crippen molar-refractivity contribution in [2.75, 3.05) is 7.05 Å². The van der Waals surface area contributed by atoms with E-state index in [1.807, 2.05) is 6.92 Å². The lowest BCUT2D eigenvalue weighted by molar-refractivity contribution is -0.134. The molecule has 1 rings (SSSR count). The maximum Gasteiger partial charge on any atom is 0.242 e. The van der Waals surface area contributed by atoms with Crippen LogP contribution in [0.4, 0.5) is 0 Å². The van der Waals surface area contributed by atoms with Crippen molar-refractivity contribution in [2.45, 2.75) is 45.2 Å². The Balaban J connectivity index is 2.61. The van der Waals surface area contributed by atoms with Gasteiger partial charge in [-0.05, 0) is 26.7 Å². The topological polar surface area (TPSA) is 84.2 Å². The number of hydrogen-bond donors (Lipinski definition) is 3. The molecule has 1 aliphatic carbocycles. The first-order valence-electron chi connectivity index (χ1n) is 5.70. The Morgan fingerprint density at radius 2 is 2.12 bits per heavy atom. The molecule has 0 heterocycles. The first kappa shape index (κ1) is 13.0. The van der Waals surface area contributed by atoms with Gasteiger partial charge in [-0.2, -0.15) is 0 Å². The highest BCUT2D eigenvalue weighted by Gasteiger charge is 2.43. The average Bonchev–Trinajstić information content (AvgIpc) is 2.59. The fraction of sp³-hybridized carbons (Fsp3) is 0.818. The summed E-state index contributed by atoms with van der Waals surface area (Å²) in [5.41, 5.74) is 5.41. The van der Waals surface area contributed by atoms with Gasteiger partial charge in [0.1, 0.15) is 6.04 Å². The van der Waals surface area contributed by atoms with E-state index in [1.165, 1.54) is 0 Å². The summed E-state index contributed by atoms with van der Waals surface area (Å²) in [6.45, 7) is 3.54. The molecule has 1 saturated carbocycles. The third-order valence-corrected chi connectivity index (χ3v) is 3.54. The SMILES string of the molecule is CNC(=O)C(C)NC(=O)C1(C)CCCC1N. The molecule has 3 atom stereocenters. The zero-order valence-corrected chi connectivity index (χ0v) is 10.2. The van der Waals surface area contributed by atoms with Crippen LogP contribution in [0.15, 0.2) is 0 Å². The fourth-order valence-electron chi connectivity index (χ4n) is 2.12. The smallest absolute Gasteiger partial charge is 0.242 e. The lowest BCUT2D eigenvalue weighted by Crippen LogP contribution is -2.52. The molecular weight excluding hydrogens is 206 g/mol. The number of carbonyl (C=O) groups is 2.